The minimum atomic E-state index is -0.518. The van der Waals surface area contributed by atoms with Gasteiger partial charge in [0.2, 0.25) is 5.91 Å². The number of esters is 1. The number of rotatable bonds is 7. The predicted molar refractivity (Wildman–Crippen MR) is 138 cm³/mol. The molecule has 0 bridgehead atoms. The van der Waals surface area contributed by atoms with Crippen molar-refractivity contribution in [2.24, 2.45) is 4.99 Å². The number of hydrogen-bond donors (Lipinski definition) is 2. The number of benzene rings is 2. The Kier molecular flexibility index (Phi) is 8.74. The van der Waals surface area contributed by atoms with Gasteiger partial charge in [-0.1, -0.05) is 71.9 Å². The van der Waals surface area contributed by atoms with Crippen molar-refractivity contribution < 1.29 is 14.3 Å². The topological polar surface area (TPSA) is 79.8 Å². The summed E-state index contributed by atoms with van der Waals surface area (Å²) in [4.78, 5) is 30.1. The second-order valence-electron chi connectivity index (χ2n) is 7.85. The van der Waals surface area contributed by atoms with E-state index in [1.54, 1.807) is 6.92 Å². The first-order valence-corrected chi connectivity index (χ1v) is 12.6. The number of amides is 1. The van der Waals surface area contributed by atoms with Crippen LogP contribution in [0.25, 0.3) is 0 Å². The molecule has 0 aliphatic carbocycles. The normalized spacial score (nSPS) is 15.7. The second-order valence-corrected chi connectivity index (χ2v) is 9.73. The highest BCUT2D eigenvalue weighted by Gasteiger charge is 2.30. The third-order valence-electron chi connectivity index (χ3n) is 5.07. The fourth-order valence-electron chi connectivity index (χ4n) is 3.55. The molecule has 2 N–H and O–H groups in total. The molecule has 2 aromatic rings. The number of thioether (sulfide) groups is 1. The van der Waals surface area contributed by atoms with Crippen LogP contribution in [0.15, 0.2) is 69.3 Å². The van der Waals surface area contributed by atoms with Crippen LogP contribution < -0.4 is 10.6 Å². The van der Waals surface area contributed by atoms with Gasteiger partial charge in [0, 0.05) is 15.9 Å². The summed E-state index contributed by atoms with van der Waals surface area (Å²) in [5.74, 6) is -0.0257. The van der Waals surface area contributed by atoms with E-state index in [0.717, 1.165) is 21.3 Å². The summed E-state index contributed by atoms with van der Waals surface area (Å²) in [6, 6.07) is 15.0. The standard InChI is InChI=1S/C25H28BrN3O3S/c1-5-32-24(31)22-16(4)27-25(29-23(22)17-9-8-10-18(26)13-17)33-14-21(30)28-20-12-7-6-11-19(20)15(2)3/h6-13,15,23H,5,14H2,1-4H3,(H,27,29)(H,28,30)/t23-/m0/s1. The molecule has 0 fully saturated rings. The molecule has 0 aromatic heterocycles. The van der Waals surface area contributed by atoms with Crippen LogP contribution >= 0.6 is 27.7 Å². The molecule has 2 aromatic carbocycles. The molecule has 6 nitrogen and oxygen atoms in total. The number of halogens is 1. The molecule has 1 amide bonds. The van der Waals surface area contributed by atoms with Gasteiger partial charge >= 0.3 is 5.97 Å². The first kappa shape index (κ1) is 25.1. The molecule has 8 heteroatoms. The molecule has 174 valence electrons. The van der Waals surface area contributed by atoms with E-state index < -0.39 is 12.0 Å². The molecule has 0 radical (unpaired) electrons. The molecule has 1 aliphatic heterocycles. The highest BCUT2D eigenvalue weighted by molar-refractivity contribution is 9.10. The first-order chi connectivity index (χ1) is 15.8. The zero-order valence-electron chi connectivity index (χ0n) is 19.1. The lowest BCUT2D eigenvalue weighted by Crippen LogP contribution is -2.31. The van der Waals surface area contributed by atoms with E-state index in [-0.39, 0.29) is 18.3 Å². The predicted octanol–water partition coefficient (Wildman–Crippen LogP) is 5.78. The molecule has 33 heavy (non-hydrogen) atoms. The fraction of sp³-hybridized carbons (Fsp3) is 0.320. The summed E-state index contributed by atoms with van der Waals surface area (Å²) in [6.45, 7) is 8.08. The number of carbonyl (C=O) groups is 2. The van der Waals surface area contributed by atoms with E-state index in [4.69, 9.17) is 9.73 Å². The maximum Gasteiger partial charge on any atom is 0.338 e. The minimum absolute atomic E-state index is 0.116. The first-order valence-electron chi connectivity index (χ1n) is 10.8. The zero-order chi connectivity index (χ0) is 24.0. The minimum Gasteiger partial charge on any atom is -0.463 e. The van der Waals surface area contributed by atoms with Gasteiger partial charge in [-0.2, -0.15) is 0 Å². The third kappa shape index (κ3) is 6.48. The molecule has 0 unspecified atom stereocenters. The number of ether oxygens (including phenoxy) is 1. The number of aliphatic imine (C=N–C) groups is 1. The van der Waals surface area contributed by atoms with Gasteiger partial charge in [0.1, 0.15) is 6.04 Å². The summed E-state index contributed by atoms with van der Waals surface area (Å²) in [6.07, 6.45) is 0. The SMILES string of the molecule is CCOC(=O)C1=C(C)NC(SCC(=O)Nc2ccccc2C(C)C)=N[C@H]1c1cccc(Br)c1. The molecule has 0 spiro atoms. The highest BCUT2D eigenvalue weighted by Crippen LogP contribution is 2.34. The van der Waals surface area contributed by atoms with E-state index in [9.17, 15) is 9.59 Å². The van der Waals surface area contributed by atoms with Gasteiger partial charge in [-0.05, 0) is 49.1 Å². The monoisotopic (exact) mass is 529 g/mol. The number of nitrogens with zero attached hydrogens (tertiary/aromatic N) is 1. The van der Waals surface area contributed by atoms with E-state index >= 15 is 0 Å². The fourth-order valence-corrected chi connectivity index (χ4v) is 4.71. The van der Waals surface area contributed by atoms with E-state index in [1.165, 1.54) is 11.8 Å². The van der Waals surface area contributed by atoms with Crippen molar-refractivity contribution in [1.82, 2.24) is 5.32 Å². The largest absolute Gasteiger partial charge is 0.463 e. The summed E-state index contributed by atoms with van der Waals surface area (Å²) in [5, 5.41) is 6.75. The number of allylic oxidation sites excluding steroid dienone is 1. The molecule has 1 heterocycles. The average molecular weight is 530 g/mol. The van der Waals surface area contributed by atoms with Gasteiger partial charge in [-0.15, -0.1) is 0 Å². The quantitative estimate of drug-likeness (QED) is 0.444. The van der Waals surface area contributed by atoms with E-state index in [1.807, 2.05) is 55.5 Å². The number of anilines is 1. The Morgan fingerprint density at radius 3 is 2.67 bits per heavy atom. The molecular weight excluding hydrogens is 502 g/mol. The van der Waals surface area contributed by atoms with Gasteiger partial charge in [-0.25, -0.2) is 9.79 Å². The second kappa shape index (κ2) is 11.5. The molecule has 0 saturated carbocycles. The Balaban J connectivity index is 1.77. The molecule has 0 saturated heterocycles. The molecule has 1 aliphatic rings. The summed E-state index contributed by atoms with van der Waals surface area (Å²) in [5.41, 5.74) is 3.92. The lowest BCUT2D eigenvalue weighted by Gasteiger charge is -2.26. The van der Waals surface area contributed by atoms with Crippen molar-refractivity contribution in [1.29, 1.82) is 0 Å². The molecule has 1 atom stereocenters. The molecule has 3 rings (SSSR count). The van der Waals surface area contributed by atoms with Gasteiger partial charge in [-0.3, -0.25) is 4.79 Å². The van der Waals surface area contributed by atoms with Crippen LogP contribution in [0.2, 0.25) is 0 Å². The van der Waals surface area contributed by atoms with Crippen LogP contribution in [0.3, 0.4) is 0 Å². The zero-order valence-corrected chi connectivity index (χ0v) is 21.5. The molecular formula is C25H28BrN3O3S. The van der Waals surface area contributed by atoms with Gasteiger partial charge < -0.3 is 15.4 Å². The van der Waals surface area contributed by atoms with E-state index in [2.05, 4.69) is 40.4 Å². The average Bonchev–Trinajstić information content (AvgIpc) is 2.77. The highest BCUT2D eigenvalue weighted by atomic mass is 79.9. The number of hydrogen-bond acceptors (Lipinski definition) is 6. The van der Waals surface area contributed by atoms with Gasteiger partial charge in [0.25, 0.3) is 0 Å². The number of carbonyl (C=O) groups excluding carboxylic acids is 2. The van der Waals surface area contributed by atoms with Crippen LogP contribution in [-0.4, -0.2) is 29.4 Å². The Bertz CT molecular complexity index is 1100. The van der Waals surface area contributed by atoms with Gasteiger partial charge in [0.15, 0.2) is 5.17 Å². The van der Waals surface area contributed by atoms with Crippen molar-refractivity contribution in [3.63, 3.8) is 0 Å². The summed E-state index contributed by atoms with van der Waals surface area (Å²) < 4.78 is 6.17. The summed E-state index contributed by atoms with van der Waals surface area (Å²) in [7, 11) is 0. The Morgan fingerprint density at radius 2 is 1.97 bits per heavy atom. The Hall–Kier alpha value is -2.58. The van der Waals surface area contributed by atoms with Crippen molar-refractivity contribution in [2.75, 3.05) is 17.7 Å². The van der Waals surface area contributed by atoms with Crippen LogP contribution in [-0.2, 0) is 14.3 Å². The maximum atomic E-state index is 12.7. The van der Waals surface area contributed by atoms with Crippen LogP contribution in [0, 0.1) is 0 Å². The number of para-hydroxylation sites is 1. The number of amidine groups is 1. The van der Waals surface area contributed by atoms with Crippen LogP contribution in [0.1, 0.15) is 50.8 Å². The van der Waals surface area contributed by atoms with Crippen LogP contribution in [0.4, 0.5) is 5.69 Å². The van der Waals surface area contributed by atoms with Crippen molar-refractivity contribution in [2.45, 2.75) is 39.7 Å². The number of nitrogens with one attached hydrogen (secondary N) is 2. The lowest BCUT2D eigenvalue weighted by atomic mass is 9.97. The van der Waals surface area contributed by atoms with Crippen molar-refractivity contribution in [3.05, 3.63) is 75.4 Å². The van der Waals surface area contributed by atoms with Crippen molar-refractivity contribution >= 4 is 50.4 Å². The third-order valence-corrected chi connectivity index (χ3v) is 6.46. The maximum absolute atomic E-state index is 12.7. The summed E-state index contributed by atoms with van der Waals surface area (Å²) >= 11 is 4.79. The Morgan fingerprint density at radius 1 is 1.21 bits per heavy atom. The Labute approximate surface area is 207 Å². The van der Waals surface area contributed by atoms with Gasteiger partial charge in [0.05, 0.1) is 17.9 Å². The van der Waals surface area contributed by atoms with E-state index in [0.29, 0.717) is 22.4 Å². The van der Waals surface area contributed by atoms with Crippen molar-refractivity contribution in [3.8, 4) is 0 Å². The smallest absolute Gasteiger partial charge is 0.338 e. The lowest BCUT2D eigenvalue weighted by molar-refractivity contribution is -0.139. The van der Waals surface area contributed by atoms with Crippen LogP contribution in [0.5, 0.6) is 0 Å².